The molecular formula is C12H4BrF7N2O. The summed E-state index contributed by atoms with van der Waals surface area (Å²) in [4.78, 5) is 16.2. The van der Waals surface area contributed by atoms with Gasteiger partial charge in [0.1, 0.15) is 11.6 Å². The predicted octanol–water partition coefficient (Wildman–Crippen LogP) is 4.38. The Labute approximate surface area is 131 Å². The molecule has 23 heavy (non-hydrogen) atoms. The minimum Gasteiger partial charge on any atom is -0.306 e. The molecular weight excluding hydrogens is 401 g/mol. The van der Waals surface area contributed by atoms with Crippen LogP contribution in [-0.2, 0) is 12.4 Å². The third kappa shape index (κ3) is 3.71. The van der Waals surface area contributed by atoms with Gasteiger partial charge in [0.15, 0.2) is 5.69 Å². The molecule has 0 unspecified atom stereocenters. The van der Waals surface area contributed by atoms with Gasteiger partial charge in [-0.05, 0) is 28.1 Å². The molecule has 0 amide bonds. The van der Waals surface area contributed by atoms with Crippen LogP contribution < -0.4 is 5.56 Å². The van der Waals surface area contributed by atoms with E-state index in [1.165, 1.54) is 0 Å². The second-order valence-electron chi connectivity index (χ2n) is 4.29. The molecule has 0 saturated heterocycles. The van der Waals surface area contributed by atoms with Gasteiger partial charge in [-0.1, -0.05) is 0 Å². The number of nitrogens with zero attached hydrogens (tertiary/aromatic N) is 1. The van der Waals surface area contributed by atoms with Crippen LogP contribution in [0.3, 0.4) is 0 Å². The average Bonchev–Trinajstić information content (AvgIpc) is 2.35. The second kappa shape index (κ2) is 5.62. The van der Waals surface area contributed by atoms with Crippen molar-refractivity contribution in [2.24, 2.45) is 0 Å². The molecule has 1 heterocycles. The molecule has 0 atom stereocenters. The van der Waals surface area contributed by atoms with E-state index < -0.39 is 50.8 Å². The number of halogens is 8. The zero-order chi connectivity index (χ0) is 17.6. The maximum atomic E-state index is 13.9. The molecule has 0 aliphatic rings. The molecule has 0 radical (unpaired) electrons. The maximum absolute atomic E-state index is 13.9. The van der Waals surface area contributed by atoms with Gasteiger partial charge in [-0.25, -0.2) is 9.37 Å². The van der Waals surface area contributed by atoms with Crippen LogP contribution in [0.2, 0.25) is 0 Å². The molecule has 1 aromatic carbocycles. The van der Waals surface area contributed by atoms with Crippen molar-refractivity contribution in [3.05, 3.63) is 50.1 Å². The lowest BCUT2D eigenvalue weighted by Gasteiger charge is -2.12. The van der Waals surface area contributed by atoms with Crippen molar-refractivity contribution in [1.29, 1.82) is 0 Å². The summed E-state index contributed by atoms with van der Waals surface area (Å²) in [5, 5.41) is 0. The number of rotatable bonds is 1. The lowest BCUT2D eigenvalue weighted by molar-refractivity contribution is -0.141. The van der Waals surface area contributed by atoms with Gasteiger partial charge in [0, 0.05) is 10.5 Å². The first-order valence-corrected chi connectivity index (χ1v) is 6.44. The molecule has 0 fully saturated rings. The molecule has 1 aromatic heterocycles. The van der Waals surface area contributed by atoms with Crippen LogP contribution in [0.4, 0.5) is 30.7 Å². The second-order valence-corrected chi connectivity index (χ2v) is 5.14. The standard InChI is InChI=1S/C12H4BrF7N2O/c13-5-1-4(11(15,16)17)2-6(14)9(5)10-21-7(12(18,19)20)3-8(23)22-10/h1-3H,(H,21,22,23). The lowest BCUT2D eigenvalue weighted by atomic mass is 10.1. The van der Waals surface area contributed by atoms with E-state index in [0.29, 0.717) is 6.07 Å². The molecule has 0 spiro atoms. The van der Waals surface area contributed by atoms with Crippen molar-refractivity contribution in [3.8, 4) is 11.4 Å². The van der Waals surface area contributed by atoms with Gasteiger partial charge in [-0.3, -0.25) is 4.79 Å². The van der Waals surface area contributed by atoms with Crippen molar-refractivity contribution < 1.29 is 30.7 Å². The fourth-order valence-corrected chi connectivity index (χ4v) is 2.31. The van der Waals surface area contributed by atoms with Crippen LogP contribution >= 0.6 is 15.9 Å². The van der Waals surface area contributed by atoms with Crippen molar-refractivity contribution in [3.63, 3.8) is 0 Å². The van der Waals surface area contributed by atoms with Crippen molar-refractivity contribution in [2.75, 3.05) is 0 Å². The monoisotopic (exact) mass is 404 g/mol. The number of hydrogen-bond acceptors (Lipinski definition) is 2. The molecule has 0 aliphatic carbocycles. The Morgan fingerprint density at radius 2 is 1.61 bits per heavy atom. The fourth-order valence-electron chi connectivity index (χ4n) is 1.68. The number of aromatic amines is 1. The quantitative estimate of drug-likeness (QED) is 0.717. The van der Waals surface area contributed by atoms with Crippen LogP contribution in [0.15, 0.2) is 27.5 Å². The van der Waals surface area contributed by atoms with Crippen molar-refractivity contribution >= 4 is 15.9 Å². The highest BCUT2D eigenvalue weighted by molar-refractivity contribution is 9.10. The highest BCUT2D eigenvalue weighted by Gasteiger charge is 2.35. The first-order chi connectivity index (χ1) is 10.4. The maximum Gasteiger partial charge on any atom is 0.433 e. The van der Waals surface area contributed by atoms with Crippen LogP contribution in [0.25, 0.3) is 11.4 Å². The fraction of sp³-hybridized carbons (Fsp3) is 0.167. The van der Waals surface area contributed by atoms with Crippen LogP contribution in [0, 0.1) is 5.82 Å². The van der Waals surface area contributed by atoms with E-state index in [9.17, 15) is 35.5 Å². The third-order valence-electron chi connectivity index (χ3n) is 2.64. The normalized spacial score (nSPS) is 12.5. The number of alkyl halides is 6. The Hall–Kier alpha value is -1.91. The first-order valence-electron chi connectivity index (χ1n) is 5.65. The van der Waals surface area contributed by atoms with Crippen molar-refractivity contribution in [2.45, 2.75) is 12.4 Å². The number of aromatic nitrogens is 2. The summed E-state index contributed by atoms with van der Waals surface area (Å²) < 4.78 is 88.9. The average molecular weight is 405 g/mol. The minimum absolute atomic E-state index is 0.0976. The van der Waals surface area contributed by atoms with Gasteiger partial charge < -0.3 is 4.98 Å². The number of nitrogens with one attached hydrogen (secondary N) is 1. The van der Waals surface area contributed by atoms with Gasteiger partial charge in [0.25, 0.3) is 5.56 Å². The molecule has 0 bridgehead atoms. The topological polar surface area (TPSA) is 45.8 Å². The first kappa shape index (κ1) is 17.4. The van der Waals surface area contributed by atoms with E-state index in [2.05, 4.69) is 20.9 Å². The highest BCUT2D eigenvalue weighted by Crippen LogP contribution is 2.37. The van der Waals surface area contributed by atoms with Crippen LogP contribution in [0.1, 0.15) is 11.3 Å². The van der Waals surface area contributed by atoms with E-state index in [0.717, 1.165) is 0 Å². The molecule has 0 aliphatic heterocycles. The highest BCUT2D eigenvalue weighted by atomic mass is 79.9. The minimum atomic E-state index is -4.97. The Bertz CT molecular complexity index is 787. The summed E-state index contributed by atoms with van der Waals surface area (Å²) in [6.07, 6.45) is -9.82. The van der Waals surface area contributed by atoms with Gasteiger partial charge >= 0.3 is 12.4 Å². The summed E-state index contributed by atoms with van der Waals surface area (Å²) in [6, 6.07) is 0.721. The molecule has 2 aromatic rings. The Morgan fingerprint density at radius 3 is 2.09 bits per heavy atom. The third-order valence-corrected chi connectivity index (χ3v) is 3.26. The van der Waals surface area contributed by atoms with Crippen LogP contribution in [-0.4, -0.2) is 9.97 Å². The van der Waals surface area contributed by atoms with E-state index in [4.69, 9.17) is 0 Å². The largest absolute Gasteiger partial charge is 0.433 e. The number of H-pyrrole nitrogens is 1. The van der Waals surface area contributed by atoms with Gasteiger partial charge in [0.2, 0.25) is 0 Å². The van der Waals surface area contributed by atoms with Crippen LogP contribution in [0.5, 0.6) is 0 Å². The van der Waals surface area contributed by atoms with E-state index in [-0.39, 0.29) is 12.1 Å². The van der Waals surface area contributed by atoms with Crippen molar-refractivity contribution in [1.82, 2.24) is 9.97 Å². The smallest absolute Gasteiger partial charge is 0.306 e. The molecule has 1 N–H and O–H groups in total. The zero-order valence-electron chi connectivity index (χ0n) is 10.6. The number of benzene rings is 1. The Balaban J connectivity index is 2.69. The summed E-state index contributed by atoms with van der Waals surface area (Å²) in [6.45, 7) is 0. The summed E-state index contributed by atoms with van der Waals surface area (Å²) in [7, 11) is 0. The summed E-state index contributed by atoms with van der Waals surface area (Å²) in [5.41, 5.74) is -4.89. The summed E-state index contributed by atoms with van der Waals surface area (Å²) in [5.74, 6) is -2.34. The van der Waals surface area contributed by atoms with E-state index in [1.54, 1.807) is 0 Å². The predicted molar refractivity (Wildman–Crippen MR) is 68.0 cm³/mol. The van der Waals surface area contributed by atoms with E-state index >= 15 is 0 Å². The molecule has 3 nitrogen and oxygen atoms in total. The SMILES string of the molecule is O=c1cc(C(F)(F)F)nc(-c2c(F)cc(C(F)(F)F)cc2Br)[nH]1. The molecule has 2 rings (SSSR count). The molecule has 11 heteroatoms. The van der Waals surface area contributed by atoms with Gasteiger partial charge in [-0.2, -0.15) is 26.3 Å². The van der Waals surface area contributed by atoms with Gasteiger partial charge in [0.05, 0.1) is 11.1 Å². The molecule has 0 saturated carbocycles. The van der Waals surface area contributed by atoms with Gasteiger partial charge in [-0.15, -0.1) is 0 Å². The number of hydrogen-bond donors (Lipinski definition) is 1. The Kier molecular flexibility index (Phi) is 4.26. The lowest BCUT2D eigenvalue weighted by Crippen LogP contribution is -2.17. The molecule has 124 valence electrons. The Morgan fingerprint density at radius 1 is 1.00 bits per heavy atom. The zero-order valence-corrected chi connectivity index (χ0v) is 12.2. The summed E-state index contributed by atoms with van der Waals surface area (Å²) >= 11 is 2.64. The van der Waals surface area contributed by atoms with E-state index in [1.807, 2.05) is 4.98 Å².